The van der Waals surface area contributed by atoms with Crippen molar-refractivity contribution in [3.63, 3.8) is 0 Å². The molecule has 0 aromatic carbocycles. The van der Waals surface area contributed by atoms with Gasteiger partial charge in [-0.05, 0) is 13.0 Å². The van der Waals surface area contributed by atoms with Crippen LogP contribution in [0.5, 0.6) is 0 Å². The first kappa shape index (κ1) is 11.8. The maximum absolute atomic E-state index is 4.06. The SMILES string of the molecule is C=C/C=C\C(=C)N(C)C1(C)C=CC1(C)C. The maximum Gasteiger partial charge on any atom is 0.0638 e. The van der Waals surface area contributed by atoms with Crippen molar-refractivity contribution >= 4 is 0 Å². The van der Waals surface area contributed by atoms with E-state index in [1.54, 1.807) is 6.08 Å². The predicted octanol–water partition coefficient (Wildman–Crippen LogP) is 3.53. The van der Waals surface area contributed by atoms with Gasteiger partial charge in [-0.3, -0.25) is 0 Å². The predicted molar refractivity (Wildman–Crippen MR) is 67.6 cm³/mol. The van der Waals surface area contributed by atoms with Gasteiger partial charge in [-0.15, -0.1) is 0 Å². The van der Waals surface area contributed by atoms with Gasteiger partial charge in [0.1, 0.15) is 0 Å². The second-order valence-electron chi connectivity index (χ2n) is 4.85. The first-order valence-corrected chi connectivity index (χ1v) is 5.27. The molecule has 0 heterocycles. The second-order valence-corrected chi connectivity index (χ2v) is 4.85. The third-order valence-corrected chi connectivity index (χ3v) is 3.68. The fourth-order valence-corrected chi connectivity index (χ4v) is 1.79. The Morgan fingerprint density at radius 2 is 1.87 bits per heavy atom. The first-order chi connectivity index (χ1) is 6.85. The number of hydrogen-bond donors (Lipinski definition) is 0. The van der Waals surface area contributed by atoms with Crippen molar-refractivity contribution in [1.82, 2.24) is 4.90 Å². The van der Waals surface area contributed by atoms with Crippen LogP contribution in [0.15, 0.2) is 49.2 Å². The molecule has 0 saturated carbocycles. The van der Waals surface area contributed by atoms with Crippen molar-refractivity contribution in [2.45, 2.75) is 26.3 Å². The van der Waals surface area contributed by atoms with Crippen LogP contribution in [-0.2, 0) is 0 Å². The fraction of sp³-hybridized carbons (Fsp3) is 0.429. The Morgan fingerprint density at radius 3 is 2.20 bits per heavy atom. The zero-order valence-corrected chi connectivity index (χ0v) is 10.2. The summed E-state index contributed by atoms with van der Waals surface area (Å²) in [5, 5.41) is 0. The third kappa shape index (κ3) is 1.79. The summed E-state index contributed by atoms with van der Waals surface area (Å²) in [7, 11) is 2.08. The summed E-state index contributed by atoms with van der Waals surface area (Å²) in [6.07, 6.45) is 10.1. The van der Waals surface area contributed by atoms with Gasteiger partial charge in [-0.25, -0.2) is 0 Å². The molecule has 1 unspecified atom stereocenters. The van der Waals surface area contributed by atoms with Crippen molar-refractivity contribution in [3.8, 4) is 0 Å². The monoisotopic (exact) mass is 203 g/mol. The fourth-order valence-electron chi connectivity index (χ4n) is 1.79. The van der Waals surface area contributed by atoms with Gasteiger partial charge in [0.15, 0.2) is 0 Å². The molecule has 0 fully saturated rings. The third-order valence-electron chi connectivity index (χ3n) is 3.68. The van der Waals surface area contributed by atoms with E-state index in [-0.39, 0.29) is 11.0 Å². The summed E-state index contributed by atoms with van der Waals surface area (Å²) in [5.74, 6) is 0. The van der Waals surface area contributed by atoms with Crippen LogP contribution in [-0.4, -0.2) is 17.5 Å². The highest BCUT2D eigenvalue weighted by Gasteiger charge is 2.46. The van der Waals surface area contributed by atoms with Crippen molar-refractivity contribution < 1.29 is 0 Å². The second kappa shape index (κ2) is 3.73. The van der Waals surface area contributed by atoms with Gasteiger partial charge in [0.25, 0.3) is 0 Å². The topological polar surface area (TPSA) is 3.24 Å². The van der Waals surface area contributed by atoms with E-state index in [1.165, 1.54) is 0 Å². The molecule has 0 aromatic rings. The quantitative estimate of drug-likeness (QED) is 0.499. The number of hydrogen-bond acceptors (Lipinski definition) is 1. The molecule has 0 saturated heterocycles. The van der Waals surface area contributed by atoms with Crippen LogP contribution >= 0.6 is 0 Å². The molecule has 1 heteroatoms. The van der Waals surface area contributed by atoms with Gasteiger partial charge in [0.2, 0.25) is 0 Å². The largest absolute Gasteiger partial charge is 0.365 e. The van der Waals surface area contributed by atoms with E-state index in [4.69, 9.17) is 0 Å². The van der Waals surface area contributed by atoms with E-state index in [0.717, 1.165) is 5.70 Å². The molecule has 0 aromatic heterocycles. The molecule has 15 heavy (non-hydrogen) atoms. The molecule has 0 bridgehead atoms. The summed E-state index contributed by atoms with van der Waals surface area (Å²) < 4.78 is 0. The van der Waals surface area contributed by atoms with Crippen LogP contribution in [0.25, 0.3) is 0 Å². The molecule has 1 aliphatic carbocycles. The summed E-state index contributed by atoms with van der Waals surface area (Å²) in [4.78, 5) is 2.22. The minimum absolute atomic E-state index is 0.0651. The lowest BCUT2D eigenvalue weighted by atomic mass is 9.63. The van der Waals surface area contributed by atoms with Crippen molar-refractivity contribution in [2.75, 3.05) is 7.05 Å². The Balaban J connectivity index is 2.82. The summed E-state index contributed by atoms with van der Waals surface area (Å²) in [6, 6.07) is 0. The molecule has 0 spiro atoms. The average molecular weight is 203 g/mol. The minimum atomic E-state index is 0.0651. The lowest BCUT2D eigenvalue weighted by Gasteiger charge is -2.54. The van der Waals surface area contributed by atoms with Gasteiger partial charge in [-0.1, -0.05) is 51.3 Å². The standard InChI is InChI=1S/C14H21N/c1-7-8-9-12(2)15(6)14(5)11-10-13(14,3)4/h7-11H,1-2H2,3-6H3/b9-8-. The summed E-state index contributed by atoms with van der Waals surface area (Å²) in [5.41, 5.74) is 1.28. The van der Waals surface area contributed by atoms with E-state index in [9.17, 15) is 0 Å². The molecule has 0 amide bonds. The number of allylic oxidation sites excluding steroid dienone is 3. The number of likely N-dealkylation sites (N-methyl/N-ethyl adjacent to an activating group) is 1. The van der Waals surface area contributed by atoms with Crippen molar-refractivity contribution in [1.29, 1.82) is 0 Å². The van der Waals surface area contributed by atoms with E-state index in [1.807, 2.05) is 12.2 Å². The molecular formula is C14H21N. The molecule has 1 nitrogen and oxygen atoms in total. The summed E-state index contributed by atoms with van der Waals surface area (Å²) in [6.45, 7) is 14.4. The smallest absolute Gasteiger partial charge is 0.0638 e. The molecular weight excluding hydrogens is 182 g/mol. The highest BCUT2D eigenvalue weighted by molar-refractivity contribution is 5.33. The number of rotatable bonds is 4. The molecule has 82 valence electrons. The van der Waals surface area contributed by atoms with Crippen LogP contribution < -0.4 is 0 Å². The van der Waals surface area contributed by atoms with Gasteiger partial charge >= 0.3 is 0 Å². The van der Waals surface area contributed by atoms with E-state index in [0.29, 0.717) is 0 Å². The Labute approximate surface area is 93.5 Å². The van der Waals surface area contributed by atoms with Crippen molar-refractivity contribution in [2.24, 2.45) is 5.41 Å². The van der Waals surface area contributed by atoms with Crippen molar-refractivity contribution in [3.05, 3.63) is 49.2 Å². The molecule has 0 N–H and O–H groups in total. The minimum Gasteiger partial charge on any atom is -0.365 e. The Hall–Kier alpha value is -1.24. The highest BCUT2D eigenvalue weighted by Crippen LogP contribution is 2.46. The van der Waals surface area contributed by atoms with Crippen LogP contribution in [0.1, 0.15) is 20.8 Å². The van der Waals surface area contributed by atoms with Gasteiger partial charge in [0.05, 0.1) is 5.54 Å². The zero-order valence-electron chi connectivity index (χ0n) is 10.2. The van der Waals surface area contributed by atoms with E-state index < -0.39 is 0 Å². The average Bonchev–Trinajstić information content (AvgIpc) is 2.21. The Morgan fingerprint density at radius 1 is 1.27 bits per heavy atom. The normalized spacial score (nSPS) is 27.5. The Kier molecular flexibility index (Phi) is 2.94. The Bertz CT molecular complexity index is 333. The van der Waals surface area contributed by atoms with E-state index >= 15 is 0 Å². The molecule has 0 radical (unpaired) electrons. The molecule has 1 rings (SSSR count). The van der Waals surface area contributed by atoms with Gasteiger partial charge < -0.3 is 4.90 Å². The number of nitrogens with zero attached hydrogens (tertiary/aromatic N) is 1. The zero-order chi connectivity index (χ0) is 11.7. The van der Waals surface area contributed by atoms with E-state index in [2.05, 4.69) is 58.0 Å². The van der Waals surface area contributed by atoms with Crippen LogP contribution in [0.4, 0.5) is 0 Å². The first-order valence-electron chi connectivity index (χ1n) is 5.27. The van der Waals surface area contributed by atoms with Gasteiger partial charge in [0, 0.05) is 18.2 Å². The highest BCUT2D eigenvalue weighted by atomic mass is 15.2. The molecule has 1 aliphatic rings. The molecule has 0 aliphatic heterocycles. The van der Waals surface area contributed by atoms with Crippen LogP contribution in [0.2, 0.25) is 0 Å². The van der Waals surface area contributed by atoms with Crippen LogP contribution in [0.3, 0.4) is 0 Å². The molecule has 1 atom stereocenters. The van der Waals surface area contributed by atoms with Gasteiger partial charge in [-0.2, -0.15) is 0 Å². The lowest BCUT2D eigenvalue weighted by molar-refractivity contribution is 0.0975. The lowest BCUT2D eigenvalue weighted by Crippen LogP contribution is -2.56. The summed E-state index contributed by atoms with van der Waals surface area (Å²) >= 11 is 0. The maximum atomic E-state index is 4.06. The van der Waals surface area contributed by atoms with Crippen LogP contribution in [0, 0.1) is 5.41 Å².